The molecule has 6 nitrogen and oxygen atoms in total. The Kier molecular flexibility index (Phi) is 7.90. The molecule has 8 aromatic rings. The van der Waals surface area contributed by atoms with Crippen molar-refractivity contribution in [3.05, 3.63) is 162 Å². The molecule has 0 radical (unpaired) electrons. The van der Waals surface area contributed by atoms with Gasteiger partial charge in [-0.1, -0.05) is 89.4 Å². The highest BCUT2D eigenvalue weighted by Crippen LogP contribution is 2.44. The number of benzene rings is 8. The first-order valence-electron chi connectivity index (χ1n) is 21.6. The molecule has 8 aromatic carbocycles. The van der Waals surface area contributed by atoms with Crippen molar-refractivity contribution >= 4 is 104 Å². The van der Waals surface area contributed by atoms with Gasteiger partial charge in [0.2, 0.25) is 0 Å². The topological polar surface area (TPSA) is 52.2 Å². The summed E-state index contributed by atoms with van der Waals surface area (Å²) in [6.45, 7) is 8.49. The van der Waals surface area contributed by atoms with Gasteiger partial charge >= 0.3 is 0 Å². The predicted molar refractivity (Wildman–Crippen MR) is 264 cm³/mol. The first-order valence-corrected chi connectivity index (χ1v) is 22.8. The van der Waals surface area contributed by atoms with Crippen LogP contribution in [0.4, 0.5) is 22.7 Å². The van der Waals surface area contributed by atoms with Gasteiger partial charge in [-0.2, -0.15) is 0 Å². The molecule has 0 aromatic heterocycles. The van der Waals surface area contributed by atoms with Crippen molar-refractivity contribution in [2.75, 3.05) is 15.9 Å². The SMILES string of the molecule is CSN1c2cc(C)c(B3c4ccccc4Oc4cc(C)cc(C)c43)cc2B2c3cc4c(cc3Oc3cc(Nc5ccccc5)cc1c32)Oc1cc(C)cc2c1B4c1ccccc1O2. The van der Waals surface area contributed by atoms with Gasteiger partial charge in [0.15, 0.2) is 0 Å². The van der Waals surface area contributed by atoms with Crippen LogP contribution in [0.25, 0.3) is 0 Å². The Morgan fingerprint density at radius 2 is 0.937 bits per heavy atom. The third kappa shape index (κ3) is 5.43. The molecule has 5 aliphatic heterocycles. The molecule has 13 rings (SSSR count). The van der Waals surface area contributed by atoms with Crippen LogP contribution in [-0.2, 0) is 0 Å². The highest BCUT2D eigenvalue weighted by atomic mass is 32.2. The molecule has 0 amide bonds. The van der Waals surface area contributed by atoms with Crippen LogP contribution in [0.15, 0.2) is 140 Å². The summed E-state index contributed by atoms with van der Waals surface area (Å²) in [5.74, 6) is 6.81. The Morgan fingerprint density at radius 3 is 1.60 bits per heavy atom. The number of anilines is 4. The minimum Gasteiger partial charge on any atom is -0.458 e. The number of ether oxygens (including phenoxy) is 4. The summed E-state index contributed by atoms with van der Waals surface area (Å²) >= 11 is 1.72. The van der Waals surface area contributed by atoms with Crippen LogP contribution in [-0.4, -0.2) is 26.4 Å². The molecule has 0 unspecified atom stereocenters. The molecular weight excluding hydrogens is 793 g/mol. The van der Waals surface area contributed by atoms with E-state index in [-0.39, 0.29) is 20.1 Å². The maximum atomic E-state index is 7.16. The molecular formula is C53H39B3N2O4S. The first-order chi connectivity index (χ1) is 30.8. The zero-order valence-electron chi connectivity index (χ0n) is 35.5. The maximum Gasteiger partial charge on any atom is 0.260 e. The van der Waals surface area contributed by atoms with Crippen molar-refractivity contribution in [1.29, 1.82) is 0 Å². The highest BCUT2D eigenvalue weighted by Gasteiger charge is 2.47. The van der Waals surface area contributed by atoms with E-state index in [4.69, 9.17) is 18.9 Å². The predicted octanol–water partition coefficient (Wildman–Crippen LogP) is 7.36. The minimum atomic E-state index is -0.143. The van der Waals surface area contributed by atoms with Crippen molar-refractivity contribution < 1.29 is 18.9 Å². The number of para-hydroxylation sites is 3. The molecule has 63 heavy (non-hydrogen) atoms. The fraction of sp³-hybridized carbons (Fsp3) is 0.0943. The molecule has 5 heterocycles. The van der Waals surface area contributed by atoms with E-state index in [0.29, 0.717) is 0 Å². The average Bonchev–Trinajstić information content (AvgIpc) is 3.27. The van der Waals surface area contributed by atoms with Gasteiger partial charge < -0.3 is 24.3 Å². The summed E-state index contributed by atoms with van der Waals surface area (Å²) in [6.07, 6.45) is 2.17. The monoisotopic (exact) mass is 832 g/mol. The molecule has 0 saturated carbocycles. The first kappa shape index (κ1) is 36.7. The van der Waals surface area contributed by atoms with E-state index in [1.54, 1.807) is 11.9 Å². The molecule has 300 valence electrons. The second-order valence-corrected chi connectivity index (χ2v) is 18.3. The summed E-state index contributed by atoms with van der Waals surface area (Å²) in [6, 6.07) is 49.9. The van der Waals surface area contributed by atoms with Crippen LogP contribution in [0.1, 0.15) is 22.3 Å². The lowest BCUT2D eigenvalue weighted by atomic mass is 9.30. The van der Waals surface area contributed by atoms with Crippen molar-refractivity contribution in [2.24, 2.45) is 0 Å². The fourth-order valence-electron chi connectivity index (χ4n) is 11.0. The quantitative estimate of drug-likeness (QED) is 0.147. The summed E-state index contributed by atoms with van der Waals surface area (Å²) in [7, 11) is 0. The lowest BCUT2D eigenvalue weighted by molar-refractivity contribution is 0.455. The molecule has 0 bridgehead atoms. The third-order valence-electron chi connectivity index (χ3n) is 13.6. The average molecular weight is 832 g/mol. The largest absolute Gasteiger partial charge is 0.458 e. The summed E-state index contributed by atoms with van der Waals surface area (Å²) < 4.78 is 29.7. The smallest absolute Gasteiger partial charge is 0.260 e. The minimum absolute atomic E-state index is 0.0229. The van der Waals surface area contributed by atoms with E-state index < -0.39 is 0 Å². The van der Waals surface area contributed by atoms with Crippen LogP contribution in [0.5, 0.6) is 46.0 Å². The maximum absolute atomic E-state index is 7.16. The second-order valence-electron chi connectivity index (χ2n) is 17.5. The van der Waals surface area contributed by atoms with Gasteiger partial charge in [0, 0.05) is 40.9 Å². The molecule has 0 atom stereocenters. The number of rotatable bonds is 4. The molecule has 0 saturated heterocycles. The van der Waals surface area contributed by atoms with Crippen molar-refractivity contribution in [2.45, 2.75) is 27.7 Å². The molecule has 5 aliphatic rings. The fourth-order valence-corrected chi connectivity index (χ4v) is 11.7. The van der Waals surface area contributed by atoms with Gasteiger partial charge in [0.1, 0.15) is 46.0 Å². The molecule has 0 aliphatic carbocycles. The van der Waals surface area contributed by atoms with Gasteiger partial charge in [-0.15, -0.1) is 0 Å². The highest BCUT2D eigenvalue weighted by molar-refractivity contribution is 8.00. The Hall–Kier alpha value is -6.90. The van der Waals surface area contributed by atoms with Crippen molar-refractivity contribution in [3.63, 3.8) is 0 Å². The van der Waals surface area contributed by atoms with E-state index in [0.717, 1.165) is 95.9 Å². The number of fused-ring (bicyclic) bond motifs is 10. The number of hydrogen-bond donors (Lipinski definition) is 1. The molecule has 10 heteroatoms. The van der Waals surface area contributed by atoms with Crippen LogP contribution in [0.2, 0.25) is 0 Å². The van der Waals surface area contributed by atoms with Crippen LogP contribution in [0.3, 0.4) is 0 Å². The van der Waals surface area contributed by atoms with Gasteiger partial charge in [0.05, 0.1) is 5.69 Å². The lowest BCUT2D eigenvalue weighted by Gasteiger charge is -2.41. The van der Waals surface area contributed by atoms with Crippen LogP contribution in [0, 0.1) is 27.7 Å². The van der Waals surface area contributed by atoms with Gasteiger partial charge in [-0.25, -0.2) is 0 Å². The van der Waals surface area contributed by atoms with E-state index in [1.165, 1.54) is 44.2 Å². The van der Waals surface area contributed by atoms with Crippen molar-refractivity contribution in [3.8, 4) is 46.0 Å². The zero-order chi connectivity index (χ0) is 42.2. The molecule has 0 spiro atoms. The number of hydrogen-bond acceptors (Lipinski definition) is 7. The Bertz CT molecular complexity index is 3300. The normalized spacial score (nSPS) is 13.9. The Balaban J connectivity index is 1.06. The Morgan fingerprint density at radius 1 is 0.397 bits per heavy atom. The Labute approximate surface area is 372 Å². The molecule has 0 fully saturated rings. The second kappa shape index (κ2) is 13.6. The number of nitrogens with one attached hydrogen (secondary N) is 1. The summed E-state index contributed by atoms with van der Waals surface area (Å²) in [5, 5.41) is 3.69. The zero-order valence-corrected chi connectivity index (χ0v) is 36.3. The van der Waals surface area contributed by atoms with Gasteiger partial charge in [-0.05, 0) is 144 Å². The standard InChI is InChI=1S/C53H39B3N2O4S/c1-29-19-32(4)51-47(20-29)59-43-17-11-9-15-35(43)54(51)37-26-38-41(23-31(37)3)58(63-5)42-24-34(57-33-13-7-6-8-14-33)25-50-52(42)56(38)40-27-39-45(28-46(40)62-50)61-49-22-30(2)21-48-53(49)55(39)36-16-10-12-18-44(36)60-48/h6-28,57H,1-5H3. The molecule has 1 N–H and O–H groups in total. The van der Waals surface area contributed by atoms with Gasteiger partial charge in [0.25, 0.3) is 20.1 Å². The van der Waals surface area contributed by atoms with E-state index in [9.17, 15) is 0 Å². The third-order valence-corrected chi connectivity index (χ3v) is 14.3. The van der Waals surface area contributed by atoms with Crippen LogP contribution < -0.4 is 77.7 Å². The number of aryl methyl sites for hydroxylation is 4. The number of nitrogens with zero attached hydrogens (tertiary/aromatic N) is 1. The summed E-state index contributed by atoms with van der Waals surface area (Å²) in [4.78, 5) is 0. The van der Waals surface area contributed by atoms with Crippen molar-refractivity contribution in [1.82, 2.24) is 0 Å². The summed E-state index contributed by atoms with van der Waals surface area (Å²) in [5.41, 5.74) is 19.5. The van der Waals surface area contributed by atoms with Crippen LogP contribution >= 0.6 is 11.9 Å². The lowest BCUT2D eigenvalue weighted by Crippen LogP contribution is -2.64. The van der Waals surface area contributed by atoms with E-state index in [2.05, 4.69) is 177 Å². The van der Waals surface area contributed by atoms with Gasteiger partial charge in [-0.3, -0.25) is 4.31 Å². The van der Waals surface area contributed by atoms with E-state index in [1.807, 2.05) is 6.07 Å². The van der Waals surface area contributed by atoms with E-state index >= 15 is 0 Å².